The fourth-order valence-corrected chi connectivity index (χ4v) is 4.17. The van der Waals surface area contributed by atoms with E-state index >= 15 is 0 Å². The highest BCUT2D eigenvalue weighted by Gasteiger charge is 2.31. The smallest absolute Gasteiger partial charge is 0.416 e. The predicted octanol–water partition coefficient (Wildman–Crippen LogP) is 6.21. The van der Waals surface area contributed by atoms with Crippen LogP contribution in [0.3, 0.4) is 0 Å². The average molecular weight is 464 g/mol. The number of aliphatic hydroxyl groups excluding tert-OH is 1. The molecule has 0 saturated heterocycles. The maximum Gasteiger partial charge on any atom is 0.416 e. The van der Waals surface area contributed by atoms with Crippen LogP contribution in [0.1, 0.15) is 25.0 Å². The van der Waals surface area contributed by atoms with Crippen LogP contribution < -0.4 is 4.90 Å². The van der Waals surface area contributed by atoms with E-state index in [0.717, 1.165) is 34.5 Å². The standard InChI is InChI=1S/C21H16F3N3O2S2/c1-11(2)27(14-7-8-16-17(9-14)31-20(30)26-16)19(29)15(10-25)18(28)12-3-5-13(6-4-12)21(22,23)24/h3-9,11,28H,1-2H3,(H,26,30)/b18-15-. The lowest BCUT2D eigenvalue weighted by Crippen LogP contribution is -2.38. The van der Waals surface area contributed by atoms with E-state index in [-0.39, 0.29) is 11.6 Å². The molecule has 31 heavy (non-hydrogen) atoms. The van der Waals surface area contributed by atoms with Crippen LogP contribution in [0.4, 0.5) is 18.9 Å². The van der Waals surface area contributed by atoms with E-state index in [9.17, 15) is 28.3 Å². The van der Waals surface area contributed by atoms with Gasteiger partial charge < -0.3 is 15.0 Å². The molecule has 0 atom stereocenters. The Morgan fingerprint density at radius 1 is 1.23 bits per heavy atom. The molecule has 0 spiro atoms. The first kappa shape index (κ1) is 22.5. The highest BCUT2D eigenvalue weighted by atomic mass is 32.1. The number of amides is 1. The molecule has 2 aromatic carbocycles. The number of aromatic nitrogens is 1. The first-order chi connectivity index (χ1) is 14.5. The molecule has 5 nitrogen and oxygen atoms in total. The van der Waals surface area contributed by atoms with Crippen molar-refractivity contribution in [3.63, 3.8) is 0 Å². The van der Waals surface area contributed by atoms with Gasteiger partial charge in [0.1, 0.15) is 11.8 Å². The van der Waals surface area contributed by atoms with Gasteiger partial charge in [-0.2, -0.15) is 18.4 Å². The zero-order valence-electron chi connectivity index (χ0n) is 16.3. The van der Waals surface area contributed by atoms with Gasteiger partial charge in [0, 0.05) is 17.3 Å². The van der Waals surface area contributed by atoms with Crippen LogP contribution in [0.15, 0.2) is 48.0 Å². The van der Waals surface area contributed by atoms with Crippen LogP contribution in [0, 0.1) is 15.3 Å². The molecule has 0 saturated carbocycles. The number of nitrogens with one attached hydrogen (secondary N) is 1. The number of carbonyl (C=O) groups is 1. The Bertz CT molecular complexity index is 1270. The topological polar surface area (TPSA) is 80.1 Å². The van der Waals surface area contributed by atoms with Gasteiger partial charge in [0.2, 0.25) is 0 Å². The van der Waals surface area contributed by atoms with Gasteiger partial charge in [-0.25, -0.2) is 0 Å². The number of nitriles is 1. The van der Waals surface area contributed by atoms with Gasteiger partial charge in [0.15, 0.2) is 9.53 Å². The third-order valence-corrected chi connectivity index (χ3v) is 5.66. The highest BCUT2D eigenvalue weighted by Crippen LogP contribution is 2.31. The van der Waals surface area contributed by atoms with Crippen LogP contribution in [0.25, 0.3) is 16.0 Å². The predicted molar refractivity (Wildman–Crippen MR) is 116 cm³/mol. The minimum absolute atomic E-state index is 0.0688. The van der Waals surface area contributed by atoms with E-state index in [1.165, 1.54) is 16.2 Å². The molecule has 0 fully saturated rings. The number of alkyl halides is 3. The number of benzene rings is 2. The number of thiazole rings is 1. The molecule has 10 heteroatoms. The molecule has 0 aliphatic heterocycles. The minimum atomic E-state index is -4.54. The second-order valence-electron chi connectivity index (χ2n) is 6.87. The summed E-state index contributed by atoms with van der Waals surface area (Å²) in [5.74, 6) is -1.46. The Labute approximate surface area is 184 Å². The Morgan fingerprint density at radius 2 is 1.87 bits per heavy atom. The molecular formula is C21H16F3N3O2S2. The summed E-state index contributed by atoms with van der Waals surface area (Å²) in [7, 11) is 0. The number of H-pyrrole nitrogens is 1. The van der Waals surface area contributed by atoms with Crippen LogP contribution >= 0.6 is 23.6 Å². The van der Waals surface area contributed by atoms with Crippen molar-refractivity contribution in [1.29, 1.82) is 5.26 Å². The zero-order valence-corrected chi connectivity index (χ0v) is 18.0. The number of carbonyl (C=O) groups excluding carboxylic acids is 1. The third-order valence-electron chi connectivity index (χ3n) is 4.47. The first-order valence-corrected chi connectivity index (χ1v) is 10.2. The molecule has 160 valence electrons. The third kappa shape index (κ3) is 4.62. The highest BCUT2D eigenvalue weighted by molar-refractivity contribution is 7.73. The molecule has 3 rings (SSSR count). The van der Waals surface area contributed by atoms with E-state index < -0.39 is 29.0 Å². The Hall–Kier alpha value is -3.16. The van der Waals surface area contributed by atoms with Crippen molar-refractivity contribution >= 4 is 51.1 Å². The maximum absolute atomic E-state index is 13.2. The number of halogens is 3. The molecule has 3 aromatic rings. The van der Waals surface area contributed by atoms with Crippen molar-refractivity contribution < 1.29 is 23.1 Å². The largest absolute Gasteiger partial charge is 0.506 e. The summed E-state index contributed by atoms with van der Waals surface area (Å²) in [6.45, 7) is 3.48. The molecule has 1 heterocycles. The zero-order chi connectivity index (χ0) is 22.9. The van der Waals surface area contributed by atoms with Crippen LogP contribution in [-0.4, -0.2) is 22.0 Å². The molecule has 0 radical (unpaired) electrons. The van der Waals surface area contributed by atoms with Crippen molar-refractivity contribution in [3.05, 3.63) is 63.1 Å². The molecule has 0 bridgehead atoms. The molecule has 0 aliphatic carbocycles. The molecule has 0 unspecified atom stereocenters. The van der Waals surface area contributed by atoms with Gasteiger partial charge in [-0.1, -0.05) is 12.1 Å². The van der Waals surface area contributed by atoms with Gasteiger partial charge in [0.05, 0.1) is 15.8 Å². The van der Waals surface area contributed by atoms with Crippen LogP contribution in [0.5, 0.6) is 0 Å². The van der Waals surface area contributed by atoms with Gasteiger partial charge >= 0.3 is 6.18 Å². The van der Waals surface area contributed by atoms with Crippen molar-refractivity contribution in [2.45, 2.75) is 26.1 Å². The second-order valence-corrected chi connectivity index (χ2v) is 8.59. The number of hydrogen-bond acceptors (Lipinski definition) is 5. The summed E-state index contributed by atoms with van der Waals surface area (Å²) < 4.78 is 39.7. The fraction of sp³-hybridized carbons (Fsp3) is 0.190. The number of aliphatic hydroxyl groups is 1. The number of fused-ring (bicyclic) bond motifs is 1. The molecule has 1 aromatic heterocycles. The van der Waals surface area contributed by atoms with Crippen LogP contribution in [0.2, 0.25) is 0 Å². The fourth-order valence-electron chi connectivity index (χ4n) is 3.02. The summed E-state index contributed by atoms with van der Waals surface area (Å²) in [6.07, 6.45) is -4.54. The molecule has 1 amide bonds. The number of anilines is 1. The first-order valence-electron chi connectivity index (χ1n) is 9.00. The summed E-state index contributed by atoms with van der Waals surface area (Å²) in [6, 6.07) is 10.1. The Kier molecular flexibility index (Phi) is 6.20. The molecule has 0 aliphatic rings. The Balaban J connectivity index is 2.04. The van der Waals surface area contributed by atoms with E-state index in [0.29, 0.717) is 9.64 Å². The van der Waals surface area contributed by atoms with E-state index in [2.05, 4.69) is 4.98 Å². The van der Waals surface area contributed by atoms with Gasteiger partial charge in [0.25, 0.3) is 5.91 Å². The minimum Gasteiger partial charge on any atom is -0.506 e. The normalized spacial score (nSPS) is 12.5. The van der Waals surface area contributed by atoms with Crippen molar-refractivity contribution in [1.82, 2.24) is 4.98 Å². The Morgan fingerprint density at radius 3 is 2.42 bits per heavy atom. The SMILES string of the molecule is CC(C)N(C(=O)/C(C#N)=C(\O)c1ccc(C(F)(F)F)cc1)c1ccc2[nH]c(=S)sc2c1. The summed E-state index contributed by atoms with van der Waals surface area (Å²) in [4.78, 5) is 17.5. The van der Waals surface area contributed by atoms with Crippen molar-refractivity contribution in [2.75, 3.05) is 4.90 Å². The van der Waals surface area contributed by atoms with Gasteiger partial charge in [-0.15, -0.1) is 11.3 Å². The molecular weight excluding hydrogens is 447 g/mol. The lowest BCUT2D eigenvalue weighted by Gasteiger charge is -2.27. The summed E-state index contributed by atoms with van der Waals surface area (Å²) in [5.41, 5.74) is -0.250. The second kappa shape index (κ2) is 8.53. The van der Waals surface area contributed by atoms with Crippen LogP contribution in [-0.2, 0) is 11.0 Å². The lowest BCUT2D eigenvalue weighted by atomic mass is 10.0. The van der Waals surface area contributed by atoms with Gasteiger partial charge in [-0.05, 0) is 56.4 Å². The van der Waals surface area contributed by atoms with E-state index in [1.807, 2.05) is 0 Å². The number of rotatable bonds is 4. The van der Waals surface area contributed by atoms with Crippen molar-refractivity contribution in [2.24, 2.45) is 0 Å². The lowest BCUT2D eigenvalue weighted by molar-refractivity contribution is -0.137. The summed E-state index contributed by atoms with van der Waals surface area (Å²) >= 11 is 6.46. The quantitative estimate of drug-likeness (QED) is 0.209. The maximum atomic E-state index is 13.2. The number of aromatic amines is 1. The monoisotopic (exact) mass is 463 g/mol. The number of nitrogens with zero attached hydrogens (tertiary/aromatic N) is 2. The van der Waals surface area contributed by atoms with Gasteiger partial charge in [-0.3, -0.25) is 4.79 Å². The summed E-state index contributed by atoms with van der Waals surface area (Å²) in [5, 5.41) is 20.1. The molecule has 2 N–H and O–H groups in total. The van der Waals surface area contributed by atoms with Crippen molar-refractivity contribution in [3.8, 4) is 6.07 Å². The average Bonchev–Trinajstić information content (AvgIpc) is 3.07. The van der Waals surface area contributed by atoms with E-state index in [1.54, 1.807) is 38.1 Å². The van der Waals surface area contributed by atoms with E-state index in [4.69, 9.17) is 12.2 Å². The number of hydrogen-bond donors (Lipinski definition) is 2.